The molecule has 3 atom stereocenters. The van der Waals surface area contributed by atoms with E-state index in [1.54, 1.807) is 0 Å². The molecule has 2 aliphatic rings. The fraction of sp³-hybridized carbons (Fsp3) is 1.00. The van der Waals surface area contributed by atoms with Crippen LogP contribution in [0, 0.1) is 11.8 Å². The highest BCUT2D eigenvalue weighted by molar-refractivity contribution is 4.83. The first-order valence-electron chi connectivity index (χ1n) is 7.97. The fourth-order valence-electron chi connectivity index (χ4n) is 3.57. The summed E-state index contributed by atoms with van der Waals surface area (Å²) in [4.78, 5) is 2.59. The Balaban J connectivity index is 1.80. The Morgan fingerprint density at radius 1 is 1.37 bits per heavy atom. The van der Waals surface area contributed by atoms with Crippen molar-refractivity contribution < 1.29 is 9.84 Å². The van der Waals surface area contributed by atoms with Crippen molar-refractivity contribution in [3.05, 3.63) is 0 Å². The molecular weight excluding hydrogens is 240 g/mol. The van der Waals surface area contributed by atoms with Crippen LogP contribution in [0.3, 0.4) is 0 Å². The molecule has 0 spiro atoms. The summed E-state index contributed by atoms with van der Waals surface area (Å²) in [5, 5.41) is 12.7. The molecule has 0 bridgehead atoms. The Morgan fingerprint density at radius 3 is 3.05 bits per heavy atom. The van der Waals surface area contributed by atoms with Crippen LogP contribution in [0.1, 0.15) is 32.6 Å². The molecule has 0 amide bonds. The lowest BCUT2D eigenvalue weighted by Gasteiger charge is -2.39. The standard InChI is InChI=1S/C15H30N2O2/c1-2-16-15-6-9-19-12-14(15)11-17-7-3-4-13(10-17)5-8-18/h13-16,18H,2-12H2,1H3. The second-order valence-corrected chi connectivity index (χ2v) is 6.07. The number of ether oxygens (including phenoxy) is 1. The second kappa shape index (κ2) is 8.20. The molecule has 0 aromatic rings. The van der Waals surface area contributed by atoms with Crippen LogP contribution >= 0.6 is 0 Å². The maximum Gasteiger partial charge on any atom is 0.0521 e. The molecule has 2 heterocycles. The van der Waals surface area contributed by atoms with E-state index in [1.807, 2.05) is 0 Å². The smallest absolute Gasteiger partial charge is 0.0521 e. The Labute approximate surface area is 117 Å². The zero-order chi connectivity index (χ0) is 13.5. The van der Waals surface area contributed by atoms with Crippen molar-refractivity contribution in [1.29, 1.82) is 0 Å². The molecule has 3 unspecified atom stereocenters. The van der Waals surface area contributed by atoms with Crippen LogP contribution in [0.15, 0.2) is 0 Å². The van der Waals surface area contributed by atoms with Crippen LogP contribution in [0.25, 0.3) is 0 Å². The van der Waals surface area contributed by atoms with Crippen molar-refractivity contribution in [2.24, 2.45) is 11.8 Å². The van der Waals surface area contributed by atoms with Gasteiger partial charge in [-0.1, -0.05) is 6.92 Å². The third-order valence-corrected chi connectivity index (χ3v) is 4.57. The van der Waals surface area contributed by atoms with Gasteiger partial charge >= 0.3 is 0 Å². The number of likely N-dealkylation sites (tertiary alicyclic amines) is 1. The average molecular weight is 270 g/mol. The van der Waals surface area contributed by atoms with Crippen molar-refractivity contribution >= 4 is 0 Å². The quantitative estimate of drug-likeness (QED) is 0.758. The van der Waals surface area contributed by atoms with Gasteiger partial charge in [0.15, 0.2) is 0 Å². The number of aliphatic hydroxyl groups is 1. The van der Waals surface area contributed by atoms with Gasteiger partial charge in [0, 0.05) is 38.3 Å². The molecule has 0 radical (unpaired) electrons. The molecule has 2 rings (SSSR count). The first-order chi connectivity index (χ1) is 9.33. The van der Waals surface area contributed by atoms with Gasteiger partial charge in [0.1, 0.15) is 0 Å². The molecule has 0 saturated carbocycles. The Hall–Kier alpha value is -0.160. The summed E-state index contributed by atoms with van der Waals surface area (Å²) in [6.45, 7) is 8.91. The summed E-state index contributed by atoms with van der Waals surface area (Å²) in [5.41, 5.74) is 0. The predicted molar refractivity (Wildman–Crippen MR) is 77.3 cm³/mol. The van der Waals surface area contributed by atoms with Gasteiger partial charge in [-0.05, 0) is 44.7 Å². The lowest BCUT2D eigenvalue weighted by molar-refractivity contribution is 0.00977. The molecule has 112 valence electrons. The number of piperidine rings is 1. The highest BCUT2D eigenvalue weighted by Gasteiger charge is 2.28. The van der Waals surface area contributed by atoms with Crippen LogP contribution in [0.2, 0.25) is 0 Å². The van der Waals surface area contributed by atoms with Crippen LogP contribution in [-0.4, -0.2) is 62.0 Å². The second-order valence-electron chi connectivity index (χ2n) is 6.07. The van der Waals surface area contributed by atoms with Gasteiger partial charge in [-0.2, -0.15) is 0 Å². The maximum atomic E-state index is 9.09. The maximum absolute atomic E-state index is 9.09. The number of nitrogens with zero attached hydrogens (tertiary/aromatic N) is 1. The number of hydrogen-bond acceptors (Lipinski definition) is 4. The highest BCUT2D eigenvalue weighted by Crippen LogP contribution is 2.22. The molecule has 2 N–H and O–H groups in total. The van der Waals surface area contributed by atoms with Crippen molar-refractivity contribution in [1.82, 2.24) is 10.2 Å². The summed E-state index contributed by atoms with van der Waals surface area (Å²) >= 11 is 0. The van der Waals surface area contributed by atoms with Gasteiger partial charge in [-0.15, -0.1) is 0 Å². The minimum Gasteiger partial charge on any atom is -0.396 e. The molecule has 0 aromatic heterocycles. The lowest BCUT2D eigenvalue weighted by atomic mass is 9.91. The molecule has 2 saturated heterocycles. The zero-order valence-corrected chi connectivity index (χ0v) is 12.3. The molecule has 2 fully saturated rings. The summed E-state index contributed by atoms with van der Waals surface area (Å²) in [7, 11) is 0. The first-order valence-corrected chi connectivity index (χ1v) is 7.97. The van der Waals surface area contributed by atoms with E-state index in [4.69, 9.17) is 9.84 Å². The van der Waals surface area contributed by atoms with Crippen LogP contribution in [0.5, 0.6) is 0 Å². The van der Waals surface area contributed by atoms with Crippen molar-refractivity contribution in [3.8, 4) is 0 Å². The molecular formula is C15H30N2O2. The van der Waals surface area contributed by atoms with E-state index in [9.17, 15) is 0 Å². The Bertz CT molecular complexity index is 246. The molecule has 2 aliphatic heterocycles. The molecule has 0 aromatic carbocycles. The predicted octanol–water partition coefficient (Wildman–Crippen LogP) is 1.10. The zero-order valence-electron chi connectivity index (χ0n) is 12.3. The van der Waals surface area contributed by atoms with Crippen LogP contribution in [-0.2, 0) is 4.74 Å². The third kappa shape index (κ3) is 4.71. The first kappa shape index (κ1) is 15.2. The Morgan fingerprint density at radius 2 is 2.26 bits per heavy atom. The van der Waals surface area contributed by atoms with Crippen LogP contribution in [0.4, 0.5) is 0 Å². The van der Waals surface area contributed by atoms with Crippen molar-refractivity contribution in [2.75, 3.05) is 46.0 Å². The summed E-state index contributed by atoms with van der Waals surface area (Å²) < 4.78 is 5.67. The van der Waals surface area contributed by atoms with E-state index in [0.717, 1.165) is 45.7 Å². The van der Waals surface area contributed by atoms with E-state index in [1.165, 1.54) is 19.4 Å². The van der Waals surface area contributed by atoms with E-state index in [0.29, 0.717) is 24.5 Å². The third-order valence-electron chi connectivity index (χ3n) is 4.57. The van der Waals surface area contributed by atoms with Gasteiger partial charge in [0.2, 0.25) is 0 Å². The minimum absolute atomic E-state index is 0.338. The van der Waals surface area contributed by atoms with Gasteiger partial charge in [-0.25, -0.2) is 0 Å². The Kier molecular flexibility index (Phi) is 6.57. The highest BCUT2D eigenvalue weighted by atomic mass is 16.5. The molecule has 4 nitrogen and oxygen atoms in total. The molecule has 4 heteroatoms. The lowest BCUT2D eigenvalue weighted by Crippen LogP contribution is -2.49. The number of hydrogen-bond donors (Lipinski definition) is 2. The minimum atomic E-state index is 0.338. The molecule has 19 heavy (non-hydrogen) atoms. The van der Waals surface area contributed by atoms with Crippen molar-refractivity contribution in [3.63, 3.8) is 0 Å². The largest absolute Gasteiger partial charge is 0.396 e. The molecule has 0 aliphatic carbocycles. The number of nitrogens with one attached hydrogen (secondary N) is 1. The fourth-order valence-corrected chi connectivity index (χ4v) is 3.57. The summed E-state index contributed by atoms with van der Waals surface area (Å²) in [5.74, 6) is 1.32. The topological polar surface area (TPSA) is 44.7 Å². The average Bonchev–Trinajstić information content (AvgIpc) is 2.42. The van der Waals surface area contributed by atoms with Gasteiger partial charge < -0.3 is 20.1 Å². The van der Waals surface area contributed by atoms with Gasteiger partial charge in [0.25, 0.3) is 0 Å². The normalized spacial score (nSPS) is 33.5. The van der Waals surface area contributed by atoms with E-state index < -0.39 is 0 Å². The monoisotopic (exact) mass is 270 g/mol. The van der Waals surface area contributed by atoms with Gasteiger partial charge in [-0.3, -0.25) is 0 Å². The van der Waals surface area contributed by atoms with Crippen molar-refractivity contribution in [2.45, 2.75) is 38.6 Å². The SMILES string of the molecule is CCNC1CCOCC1CN1CCCC(CCO)C1. The van der Waals surface area contributed by atoms with Gasteiger partial charge in [0.05, 0.1) is 6.61 Å². The van der Waals surface area contributed by atoms with E-state index in [2.05, 4.69) is 17.1 Å². The van der Waals surface area contributed by atoms with Crippen LogP contribution < -0.4 is 5.32 Å². The van der Waals surface area contributed by atoms with E-state index in [-0.39, 0.29) is 0 Å². The number of rotatable bonds is 6. The van der Waals surface area contributed by atoms with E-state index >= 15 is 0 Å². The summed E-state index contributed by atoms with van der Waals surface area (Å²) in [6.07, 6.45) is 4.68. The number of aliphatic hydroxyl groups excluding tert-OH is 1. The summed E-state index contributed by atoms with van der Waals surface area (Å²) in [6, 6.07) is 0.622.